The lowest BCUT2D eigenvalue weighted by Crippen LogP contribution is -2.42. The summed E-state index contributed by atoms with van der Waals surface area (Å²) < 4.78 is 18.4. The van der Waals surface area contributed by atoms with Crippen LogP contribution in [0.4, 0.5) is 4.39 Å². The molecule has 1 aliphatic rings. The Morgan fingerprint density at radius 1 is 1.21 bits per heavy atom. The predicted octanol–water partition coefficient (Wildman–Crippen LogP) is 3.38. The Hall–Kier alpha value is -2.99. The molecule has 0 aliphatic heterocycles. The monoisotopic (exact) mass is 380 g/mol. The Labute approximate surface area is 162 Å². The molecule has 5 nitrogen and oxygen atoms in total. The van der Waals surface area contributed by atoms with E-state index in [0.717, 1.165) is 16.5 Å². The van der Waals surface area contributed by atoms with Crippen LogP contribution in [0.15, 0.2) is 60.8 Å². The minimum Gasteiger partial charge on any atom is -0.484 e. The van der Waals surface area contributed by atoms with Gasteiger partial charge in [0.1, 0.15) is 11.6 Å². The van der Waals surface area contributed by atoms with E-state index in [9.17, 15) is 14.3 Å². The van der Waals surface area contributed by atoms with Crippen LogP contribution in [0.3, 0.4) is 0 Å². The van der Waals surface area contributed by atoms with Gasteiger partial charge in [-0.05, 0) is 60.7 Å². The van der Waals surface area contributed by atoms with Crippen molar-refractivity contribution in [3.63, 3.8) is 0 Å². The number of para-hydroxylation sites is 1. The Morgan fingerprint density at radius 2 is 1.96 bits per heavy atom. The van der Waals surface area contributed by atoms with E-state index in [0.29, 0.717) is 18.6 Å². The summed E-state index contributed by atoms with van der Waals surface area (Å²) in [5.41, 5.74) is 1.80. The predicted molar refractivity (Wildman–Crippen MR) is 103 cm³/mol. The van der Waals surface area contributed by atoms with Gasteiger partial charge in [0.15, 0.2) is 6.61 Å². The Morgan fingerprint density at radius 3 is 2.71 bits per heavy atom. The summed E-state index contributed by atoms with van der Waals surface area (Å²) in [5, 5.41) is 13.7. The van der Waals surface area contributed by atoms with Gasteiger partial charge in [-0.2, -0.15) is 0 Å². The first kappa shape index (κ1) is 18.4. The summed E-state index contributed by atoms with van der Waals surface area (Å²) in [5.74, 6) is -0.0552. The number of carbonyl (C=O) groups is 1. The molecule has 2 N–H and O–H groups in total. The first-order valence-corrected chi connectivity index (χ1v) is 9.29. The van der Waals surface area contributed by atoms with Crippen molar-refractivity contribution in [2.45, 2.75) is 25.0 Å². The molecule has 4 rings (SSSR count). The van der Waals surface area contributed by atoms with Crippen molar-refractivity contribution >= 4 is 16.8 Å². The van der Waals surface area contributed by atoms with E-state index in [2.05, 4.69) is 10.3 Å². The summed E-state index contributed by atoms with van der Waals surface area (Å²) in [6, 6.07) is 15.1. The number of halogens is 1. The number of fused-ring (bicyclic) bond motifs is 1. The number of hydrogen-bond donors (Lipinski definition) is 2. The topological polar surface area (TPSA) is 71.5 Å². The highest BCUT2D eigenvalue weighted by Crippen LogP contribution is 2.38. The van der Waals surface area contributed by atoms with Crippen LogP contribution in [0.2, 0.25) is 0 Å². The highest BCUT2D eigenvalue weighted by atomic mass is 19.1. The molecular weight excluding hydrogens is 359 g/mol. The molecule has 144 valence electrons. The molecule has 0 bridgehead atoms. The van der Waals surface area contributed by atoms with Crippen molar-refractivity contribution in [2.24, 2.45) is 5.92 Å². The fourth-order valence-corrected chi connectivity index (χ4v) is 3.53. The summed E-state index contributed by atoms with van der Waals surface area (Å²) >= 11 is 0. The fraction of sp³-hybridized carbons (Fsp3) is 0.273. The minimum absolute atomic E-state index is 0.146. The third-order valence-corrected chi connectivity index (χ3v) is 5.09. The van der Waals surface area contributed by atoms with Crippen LogP contribution in [0, 0.1) is 11.7 Å². The third-order valence-electron chi connectivity index (χ3n) is 5.09. The van der Waals surface area contributed by atoms with E-state index in [1.807, 2.05) is 30.3 Å². The van der Waals surface area contributed by atoms with Gasteiger partial charge in [-0.25, -0.2) is 4.39 Å². The summed E-state index contributed by atoms with van der Waals surface area (Å²) in [6.07, 6.45) is 2.72. The number of pyridine rings is 1. The van der Waals surface area contributed by atoms with Gasteiger partial charge in [-0.15, -0.1) is 0 Å². The second-order valence-corrected chi connectivity index (χ2v) is 7.13. The van der Waals surface area contributed by atoms with Crippen LogP contribution in [0.1, 0.15) is 24.4 Å². The van der Waals surface area contributed by atoms with Crippen molar-refractivity contribution in [3.05, 3.63) is 72.2 Å². The molecule has 2 aromatic carbocycles. The largest absolute Gasteiger partial charge is 0.484 e. The Balaban J connectivity index is 1.47. The number of aromatic nitrogens is 1. The number of ether oxygens (including phenoxy) is 1. The zero-order chi connectivity index (χ0) is 19.5. The lowest BCUT2D eigenvalue weighted by Gasteiger charge is -2.38. The van der Waals surface area contributed by atoms with E-state index in [1.165, 1.54) is 24.3 Å². The molecule has 1 fully saturated rings. The van der Waals surface area contributed by atoms with Crippen LogP contribution in [-0.4, -0.2) is 28.7 Å². The van der Waals surface area contributed by atoms with Crippen molar-refractivity contribution < 1.29 is 19.0 Å². The highest BCUT2D eigenvalue weighted by molar-refractivity contribution is 5.80. The molecule has 0 spiro atoms. The Bertz CT molecular complexity index is 971. The van der Waals surface area contributed by atoms with E-state index in [4.69, 9.17) is 4.74 Å². The first-order valence-electron chi connectivity index (χ1n) is 9.29. The van der Waals surface area contributed by atoms with Crippen LogP contribution in [0.5, 0.6) is 5.75 Å². The number of aliphatic hydroxyl groups is 1. The average molecular weight is 380 g/mol. The van der Waals surface area contributed by atoms with E-state index >= 15 is 0 Å². The minimum atomic E-state index is -0.357. The molecule has 0 saturated heterocycles. The molecule has 28 heavy (non-hydrogen) atoms. The lowest BCUT2D eigenvalue weighted by molar-refractivity contribution is -0.125. The zero-order valence-electron chi connectivity index (χ0n) is 15.2. The summed E-state index contributed by atoms with van der Waals surface area (Å²) in [7, 11) is 0. The van der Waals surface area contributed by atoms with E-state index < -0.39 is 0 Å². The molecule has 0 radical (unpaired) electrons. The second-order valence-electron chi connectivity index (χ2n) is 7.13. The van der Waals surface area contributed by atoms with Crippen LogP contribution < -0.4 is 10.1 Å². The van der Waals surface area contributed by atoms with Crippen LogP contribution in [-0.2, 0) is 4.79 Å². The number of aliphatic hydroxyl groups excluding tert-OH is 1. The molecule has 1 aromatic heterocycles. The van der Waals surface area contributed by atoms with Crippen LogP contribution >= 0.6 is 0 Å². The van der Waals surface area contributed by atoms with Crippen LogP contribution in [0.25, 0.3) is 10.9 Å². The van der Waals surface area contributed by atoms with Crippen molar-refractivity contribution in [3.8, 4) is 5.75 Å². The lowest BCUT2D eigenvalue weighted by atomic mass is 9.75. The van der Waals surface area contributed by atoms with Gasteiger partial charge in [0.05, 0.1) is 17.7 Å². The fourth-order valence-electron chi connectivity index (χ4n) is 3.53. The molecule has 1 atom stereocenters. The second kappa shape index (κ2) is 7.94. The Kier molecular flexibility index (Phi) is 5.21. The smallest absolute Gasteiger partial charge is 0.258 e. The van der Waals surface area contributed by atoms with Gasteiger partial charge in [0.2, 0.25) is 0 Å². The van der Waals surface area contributed by atoms with Crippen molar-refractivity contribution in [1.82, 2.24) is 10.3 Å². The molecule has 1 amide bonds. The SMILES string of the molecule is O=C(COc1ccc(F)cc1)N[C@@H](c1cnc2ccccc2c1)C1CC(O)C1. The summed E-state index contributed by atoms with van der Waals surface area (Å²) in [6.45, 7) is -0.168. The standard InChI is InChI=1S/C22H21FN2O3/c23-17-5-7-19(8-6-17)28-13-21(27)25-22(15-10-18(26)11-15)16-9-14-3-1-2-4-20(14)24-12-16/h1-9,12,15,18,22,26H,10-11,13H2,(H,25,27)/t15?,18?,22-/m1/s1. The molecule has 3 aromatic rings. The maximum atomic E-state index is 13.0. The number of carbonyl (C=O) groups excluding carboxylic acids is 1. The molecule has 1 aliphatic carbocycles. The van der Waals surface area contributed by atoms with E-state index in [1.54, 1.807) is 6.20 Å². The number of amides is 1. The van der Waals surface area contributed by atoms with Gasteiger partial charge in [0, 0.05) is 11.6 Å². The quantitative estimate of drug-likeness (QED) is 0.688. The van der Waals surface area contributed by atoms with E-state index in [-0.39, 0.29) is 36.4 Å². The number of hydrogen-bond acceptors (Lipinski definition) is 4. The zero-order valence-corrected chi connectivity index (χ0v) is 15.2. The average Bonchev–Trinajstić information content (AvgIpc) is 2.69. The number of nitrogens with zero attached hydrogens (tertiary/aromatic N) is 1. The van der Waals surface area contributed by atoms with Crippen molar-refractivity contribution in [1.29, 1.82) is 0 Å². The van der Waals surface area contributed by atoms with Crippen molar-refractivity contribution in [2.75, 3.05) is 6.61 Å². The number of rotatable bonds is 6. The molecule has 1 saturated carbocycles. The molecular formula is C22H21FN2O3. The normalized spacial score (nSPS) is 19.6. The number of benzene rings is 2. The maximum Gasteiger partial charge on any atom is 0.258 e. The van der Waals surface area contributed by atoms with Gasteiger partial charge in [-0.1, -0.05) is 18.2 Å². The van der Waals surface area contributed by atoms with Gasteiger partial charge >= 0.3 is 0 Å². The third kappa shape index (κ3) is 4.12. The molecule has 1 heterocycles. The van der Waals surface area contributed by atoms with Gasteiger partial charge < -0.3 is 15.2 Å². The first-order chi connectivity index (χ1) is 13.6. The summed E-state index contributed by atoms with van der Waals surface area (Å²) in [4.78, 5) is 17.0. The van der Waals surface area contributed by atoms with Gasteiger partial charge in [-0.3, -0.25) is 9.78 Å². The van der Waals surface area contributed by atoms with Gasteiger partial charge in [0.25, 0.3) is 5.91 Å². The highest BCUT2D eigenvalue weighted by Gasteiger charge is 2.36. The molecule has 0 unspecified atom stereocenters. The maximum absolute atomic E-state index is 13.0. The number of nitrogens with one attached hydrogen (secondary N) is 1. The molecule has 6 heteroatoms.